The van der Waals surface area contributed by atoms with Crippen LogP contribution in [0.1, 0.15) is 13.8 Å². The number of allylic oxidation sites excluding steroid dienone is 2. The van der Waals surface area contributed by atoms with Crippen molar-refractivity contribution < 1.29 is 14.3 Å². The molecule has 0 bridgehead atoms. The fourth-order valence-electron chi connectivity index (χ4n) is 1.83. The first kappa shape index (κ1) is 15.1. The van der Waals surface area contributed by atoms with E-state index in [4.69, 9.17) is 9.47 Å². The second kappa shape index (κ2) is 8.25. The summed E-state index contributed by atoms with van der Waals surface area (Å²) in [6, 6.07) is 0. The minimum absolute atomic E-state index is 0.0784. The summed E-state index contributed by atoms with van der Waals surface area (Å²) >= 11 is 0. The molecule has 4 atom stereocenters. The lowest BCUT2D eigenvalue weighted by Crippen LogP contribution is -2.36. The maximum Gasteiger partial charge on any atom is 0.125 e. The van der Waals surface area contributed by atoms with E-state index in [9.17, 15) is 4.79 Å². The maximum atomic E-state index is 10.8. The molecule has 0 radical (unpaired) electrons. The maximum absolute atomic E-state index is 10.8. The van der Waals surface area contributed by atoms with Crippen LogP contribution in [0, 0.1) is 11.8 Å². The highest BCUT2D eigenvalue weighted by molar-refractivity contribution is 5.53. The molecular formula is C13H22O3. The summed E-state index contributed by atoms with van der Waals surface area (Å²) < 4.78 is 10.7. The number of ether oxygens (including phenoxy) is 2. The predicted molar refractivity (Wildman–Crippen MR) is 65.3 cm³/mol. The van der Waals surface area contributed by atoms with Crippen molar-refractivity contribution in [1.29, 1.82) is 0 Å². The van der Waals surface area contributed by atoms with Crippen molar-refractivity contribution in [3.8, 4) is 0 Å². The fraction of sp³-hybridized carbons (Fsp3) is 0.615. The van der Waals surface area contributed by atoms with Crippen LogP contribution in [0.4, 0.5) is 0 Å². The lowest BCUT2D eigenvalue weighted by molar-refractivity contribution is -0.117. The van der Waals surface area contributed by atoms with E-state index in [-0.39, 0.29) is 24.0 Å². The van der Waals surface area contributed by atoms with Crippen LogP contribution in [0.5, 0.6) is 0 Å². The standard InChI is InChI=1S/C13H22O3/c1-6-7-8-12(15-4)11(3)13(16-5)10(2)9-14/h6-13H,1H2,2-5H3. The summed E-state index contributed by atoms with van der Waals surface area (Å²) in [6.07, 6.45) is 6.14. The third-order valence-corrected chi connectivity index (χ3v) is 2.75. The van der Waals surface area contributed by atoms with Crippen LogP contribution in [0.25, 0.3) is 0 Å². The van der Waals surface area contributed by atoms with Gasteiger partial charge in [-0.05, 0) is 0 Å². The van der Waals surface area contributed by atoms with Crippen molar-refractivity contribution in [2.45, 2.75) is 26.1 Å². The summed E-state index contributed by atoms with van der Waals surface area (Å²) in [5.41, 5.74) is 0. The SMILES string of the molecule is C=CC=CC(OC)C(C)C(OC)C(C)C=O. The highest BCUT2D eigenvalue weighted by atomic mass is 16.5. The molecule has 92 valence electrons. The van der Waals surface area contributed by atoms with Crippen molar-refractivity contribution in [3.05, 3.63) is 24.8 Å². The number of aldehydes is 1. The molecule has 0 aliphatic heterocycles. The van der Waals surface area contributed by atoms with Crippen LogP contribution in [0.2, 0.25) is 0 Å². The molecule has 0 rings (SSSR count). The van der Waals surface area contributed by atoms with E-state index in [0.29, 0.717) is 0 Å². The molecule has 0 N–H and O–H groups in total. The molecule has 0 aliphatic rings. The quantitative estimate of drug-likeness (QED) is 0.470. The van der Waals surface area contributed by atoms with E-state index in [1.54, 1.807) is 20.3 Å². The van der Waals surface area contributed by atoms with Crippen LogP contribution >= 0.6 is 0 Å². The minimum atomic E-state index is -0.144. The Balaban J connectivity index is 4.67. The Labute approximate surface area is 98.1 Å². The van der Waals surface area contributed by atoms with E-state index < -0.39 is 0 Å². The largest absolute Gasteiger partial charge is 0.380 e. The van der Waals surface area contributed by atoms with Gasteiger partial charge < -0.3 is 14.3 Å². The molecule has 4 unspecified atom stereocenters. The topological polar surface area (TPSA) is 35.5 Å². The number of carbonyl (C=O) groups is 1. The van der Waals surface area contributed by atoms with Crippen LogP contribution in [-0.4, -0.2) is 32.7 Å². The zero-order valence-electron chi connectivity index (χ0n) is 10.6. The van der Waals surface area contributed by atoms with Gasteiger partial charge in [0, 0.05) is 26.1 Å². The predicted octanol–water partition coefficient (Wildman–Crippen LogP) is 2.23. The molecule has 0 aromatic carbocycles. The Morgan fingerprint density at radius 2 is 1.81 bits per heavy atom. The number of rotatable bonds is 8. The second-order valence-electron chi connectivity index (χ2n) is 3.88. The van der Waals surface area contributed by atoms with Gasteiger partial charge in [0.1, 0.15) is 6.29 Å². The Kier molecular flexibility index (Phi) is 7.77. The molecule has 0 aliphatic carbocycles. The zero-order valence-corrected chi connectivity index (χ0v) is 10.6. The van der Waals surface area contributed by atoms with Crippen molar-refractivity contribution >= 4 is 6.29 Å². The third-order valence-electron chi connectivity index (χ3n) is 2.75. The molecule has 0 saturated carbocycles. The fourth-order valence-corrected chi connectivity index (χ4v) is 1.83. The first-order valence-electron chi connectivity index (χ1n) is 5.42. The molecule has 0 saturated heterocycles. The molecular weight excluding hydrogens is 204 g/mol. The summed E-state index contributed by atoms with van der Waals surface area (Å²) in [5, 5.41) is 0. The number of carbonyl (C=O) groups excluding carboxylic acids is 1. The monoisotopic (exact) mass is 226 g/mol. The van der Waals surface area contributed by atoms with Crippen LogP contribution in [-0.2, 0) is 14.3 Å². The van der Waals surface area contributed by atoms with Crippen LogP contribution in [0.15, 0.2) is 24.8 Å². The third kappa shape index (κ3) is 4.29. The van der Waals surface area contributed by atoms with Gasteiger partial charge in [0.2, 0.25) is 0 Å². The lowest BCUT2D eigenvalue weighted by atomic mass is 9.89. The average molecular weight is 226 g/mol. The smallest absolute Gasteiger partial charge is 0.125 e. The summed E-state index contributed by atoms with van der Waals surface area (Å²) in [4.78, 5) is 10.8. The Morgan fingerprint density at radius 3 is 2.19 bits per heavy atom. The van der Waals surface area contributed by atoms with Gasteiger partial charge >= 0.3 is 0 Å². The van der Waals surface area contributed by atoms with E-state index in [0.717, 1.165) is 6.29 Å². The van der Waals surface area contributed by atoms with E-state index >= 15 is 0 Å². The normalized spacial score (nSPS) is 19.0. The van der Waals surface area contributed by atoms with E-state index in [1.165, 1.54) is 0 Å². The summed E-state index contributed by atoms with van der Waals surface area (Å²) in [6.45, 7) is 7.47. The zero-order chi connectivity index (χ0) is 12.6. The van der Waals surface area contributed by atoms with Crippen LogP contribution < -0.4 is 0 Å². The molecule has 0 spiro atoms. The molecule has 0 aromatic heterocycles. The molecule has 0 aromatic rings. The molecule has 3 nitrogen and oxygen atoms in total. The molecule has 16 heavy (non-hydrogen) atoms. The Hall–Kier alpha value is -0.930. The Bertz CT molecular complexity index is 235. The Morgan fingerprint density at radius 1 is 1.19 bits per heavy atom. The van der Waals surface area contributed by atoms with Gasteiger partial charge in [-0.25, -0.2) is 0 Å². The molecule has 0 heterocycles. The van der Waals surface area contributed by atoms with Gasteiger partial charge in [-0.1, -0.05) is 38.7 Å². The lowest BCUT2D eigenvalue weighted by Gasteiger charge is -2.29. The summed E-state index contributed by atoms with van der Waals surface area (Å²) in [5.74, 6) is -0.0406. The van der Waals surface area contributed by atoms with E-state index in [2.05, 4.69) is 6.58 Å². The minimum Gasteiger partial charge on any atom is -0.380 e. The highest BCUT2D eigenvalue weighted by Crippen LogP contribution is 2.21. The van der Waals surface area contributed by atoms with Crippen molar-refractivity contribution in [3.63, 3.8) is 0 Å². The van der Waals surface area contributed by atoms with Gasteiger partial charge in [-0.15, -0.1) is 0 Å². The molecule has 0 fully saturated rings. The molecule has 3 heteroatoms. The van der Waals surface area contributed by atoms with Crippen molar-refractivity contribution in [2.24, 2.45) is 11.8 Å². The van der Waals surface area contributed by atoms with Crippen molar-refractivity contribution in [1.82, 2.24) is 0 Å². The average Bonchev–Trinajstić information content (AvgIpc) is 2.30. The summed E-state index contributed by atoms with van der Waals surface area (Å²) in [7, 11) is 3.26. The first-order chi connectivity index (χ1) is 7.62. The first-order valence-corrected chi connectivity index (χ1v) is 5.42. The molecule has 0 amide bonds. The van der Waals surface area contributed by atoms with Gasteiger partial charge in [0.15, 0.2) is 0 Å². The number of hydrogen-bond acceptors (Lipinski definition) is 3. The van der Waals surface area contributed by atoms with E-state index in [1.807, 2.05) is 26.0 Å². The van der Waals surface area contributed by atoms with Crippen LogP contribution in [0.3, 0.4) is 0 Å². The number of methoxy groups -OCH3 is 2. The van der Waals surface area contributed by atoms with Crippen molar-refractivity contribution in [2.75, 3.05) is 14.2 Å². The van der Waals surface area contributed by atoms with Gasteiger partial charge in [-0.2, -0.15) is 0 Å². The number of hydrogen-bond donors (Lipinski definition) is 0. The van der Waals surface area contributed by atoms with Gasteiger partial charge in [0.25, 0.3) is 0 Å². The van der Waals surface area contributed by atoms with Gasteiger partial charge in [0.05, 0.1) is 12.2 Å². The second-order valence-corrected chi connectivity index (χ2v) is 3.88. The highest BCUT2D eigenvalue weighted by Gasteiger charge is 2.28. The van der Waals surface area contributed by atoms with Gasteiger partial charge in [-0.3, -0.25) is 0 Å².